The van der Waals surface area contributed by atoms with Gasteiger partial charge in [-0.1, -0.05) is 19.9 Å². The molecule has 0 radical (unpaired) electrons. The summed E-state index contributed by atoms with van der Waals surface area (Å²) in [4.78, 5) is 0. The molecule has 0 saturated heterocycles. The minimum absolute atomic E-state index is 0.136. The van der Waals surface area contributed by atoms with Crippen molar-refractivity contribution in [3.8, 4) is 0 Å². The van der Waals surface area contributed by atoms with Crippen molar-refractivity contribution in [1.82, 2.24) is 0 Å². The quantitative estimate of drug-likeness (QED) is 0.785. The first-order chi connectivity index (χ1) is 6.67. The van der Waals surface area contributed by atoms with E-state index in [1.807, 2.05) is 6.92 Å². The van der Waals surface area contributed by atoms with E-state index in [0.717, 1.165) is 24.0 Å². The molecule has 0 aliphatic carbocycles. The van der Waals surface area contributed by atoms with Gasteiger partial charge in [0.1, 0.15) is 5.82 Å². The number of hydrogen-bond donors (Lipinski definition) is 1. The SMILES string of the molecule is CCc1cc(F)cc(C(C)CCN)c1. The van der Waals surface area contributed by atoms with E-state index in [1.165, 1.54) is 0 Å². The summed E-state index contributed by atoms with van der Waals surface area (Å²) in [6, 6.07) is 5.28. The van der Waals surface area contributed by atoms with E-state index in [9.17, 15) is 4.39 Å². The van der Waals surface area contributed by atoms with Crippen molar-refractivity contribution in [2.24, 2.45) is 5.73 Å². The highest BCUT2D eigenvalue weighted by Crippen LogP contribution is 2.21. The molecule has 0 aromatic heterocycles. The third-order valence-corrected chi connectivity index (χ3v) is 2.56. The van der Waals surface area contributed by atoms with E-state index in [2.05, 4.69) is 13.0 Å². The van der Waals surface area contributed by atoms with Crippen molar-refractivity contribution in [1.29, 1.82) is 0 Å². The summed E-state index contributed by atoms with van der Waals surface area (Å²) in [7, 11) is 0. The second-order valence-electron chi connectivity index (χ2n) is 3.72. The molecule has 1 rings (SSSR count). The number of nitrogens with two attached hydrogens (primary N) is 1. The van der Waals surface area contributed by atoms with Crippen LogP contribution in [0.5, 0.6) is 0 Å². The first-order valence-electron chi connectivity index (χ1n) is 5.16. The van der Waals surface area contributed by atoms with Gasteiger partial charge in [0.25, 0.3) is 0 Å². The molecule has 1 aromatic rings. The number of benzene rings is 1. The lowest BCUT2D eigenvalue weighted by molar-refractivity contribution is 0.614. The largest absolute Gasteiger partial charge is 0.330 e. The molecular weight excluding hydrogens is 177 g/mol. The van der Waals surface area contributed by atoms with E-state index >= 15 is 0 Å². The van der Waals surface area contributed by atoms with E-state index < -0.39 is 0 Å². The van der Waals surface area contributed by atoms with Crippen molar-refractivity contribution >= 4 is 0 Å². The summed E-state index contributed by atoms with van der Waals surface area (Å²) in [6.07, 6.45) is 1.78. The van der Waals surface area contributed by atoms with Gasteiger partial charge < -0.3 is 5.73 Å². The zero-order chi connectivity index (χ0) is 10.6. The van der Waals surface area contributed by atoms with Crippen LogP contribution >= 0.6 is 0 Å². The summed E-state index contributed by atoms with van der Waals surface area (Å²) in [6.45, 7) is 4.77. The predicted molar refractivity (Wildman–Crippen MR) is 57.9 cm³/mol. The second kappa shape index (κ2) is 5.11. The summed E-state index contributed by atoms with van der Waals surface area (Å²) in [5, 5.41) is 0. The van der Waals surface area contributed by atoms with Crippen LogP contribution in [0.4, 0.5) is 4.39 Å². The van der Waals surface area contributed by atoms with Crippen LogP contribution in [0.3, 0.4) is 0 Å². The van der Waals surface area contributed by atoms with Crippen LogP contribution in [0.25, 0.3) is 0 Å². The van der Waals surface area contributed by atoms with E-state index in [4.69, 9.17) is 5.73 Å². The van der Waals surface area contributed by atoms with Gasteiger partial charge in [0.15, 0.2) is 0 Å². The molecule has 1 atom stereocenters. The second-order valence-corrected chi connectivity index (χ2v) is 3.72. The maximum absolute atomic E-state index is 13.2. The zero-order valence-electron chi connectivity index (χ0n) is 8.89. The fourth-order valence-electron chi connectivity index (χ4n) is 1.58. The van der Waals surface area contributed by atoms with Gasteiger partial charge >= 0.3 is 0 Å². The third-order valence-electron chi connectivity index (χ3n) is 2.56. The molecular formula is C12H18FN. The monoisotopic (exact) mass is 195 g/mol. The summed E-state index contributed by atoms with van der Waals surface area (Å²) >= 11 is 0. The van der Waals surface area contributed by atoms with Gasteiger partial charge in [-0.2, -0.15) is 0 Å². The Morgan fingerprint density at radius 1 is 1.36 bits per heavy atom. The molecule has 0 aliphatic heterocycles. The van der Waals surface area contributed by atoms with Crippen molar-refractivity contribution in [2.75, 3.05) is 6.54 Å². The average molecular weight is 195 g/mol. The lowest BCUT2D eigenvalue weighted by Gasteiger charge is -2.11. The van der Waals surface area contributed by atoms with Gasteiger partial charge in [0, 0.05) is 0 Å². The highest BCUT2D eigenvalue weighted by molar-refractivity contribution is 5.27. The molecule has 14 heavy (non-hydrogen) atoms. The van der Waals surface area contributed by atoms with Crippen LogP contribution in [0.2, 0.25) is 0 Å². The van der Waals surface area contributed by atoms with E-state index in [1.54, 1.807) is 12.1 Å². The number of halogens is 1. The normalized spacial score (nSPS) is 12.9. The van der Waals surface area contributed by atoms with Crippen LogP contribution in [0.15, 0.2) is 18.2 Å². The Morgan fingerprint density at radius 2 is 2.07 bits per heavy atom. The van der Waals surface area contributed by atoms with Crippen LogP contribution in [0.1, 0.15) is 37.3 Å². The molecule has 0 bridgehead atoms. The predicted octanol–water partition coefficient (Wildman–Crippen LogP) is 2.84. The minimum Gasteiger partial charge on any atom is -0.330 e. The van der Waals surface area contributed by atoms with Crippen molar-refractivity contribution in [2.45, 2.75) is 32.6 Å². The average Bonchev–Trinajstić information content (AvgIpc) is 2.17. The summed E-state index contributed by atoms with van der Waals surface area (Å²) < 4.78 is 13.2. The molecule has 0 saturated carbocycles. The Labute approximate surface area is 85.1 Å². The Bertz CT molecular complexity index is 296. The Morgan fingerprint density at radius 3 is 2.64 bits per heavy atom. The number of hydrogen-bond acceptors (Lipinski definition) is 1. The van der Waals surface area contributed by atoms with Crippen LogP contribution < -0.4 is 5.73 Å². The molecule has 2 N–H and O–H groups in total. The third kappa shape index (κ3) is 2.81. The molecule has 0 heterocycles. The number of rotatable bonds is 4. The van der Waals surface area contributed by atoms with Gasteiger partial charge in [-0.3, -0.25) is 0 Å². The van der Waals surface area contributed by atoms with Crippen molar-refractivity contribution in [3.05, 3.63) is 35.1 Å². The fraction of sp³-hybridized carbons (Fsp3) is 0.500. The zero-order valence-corrected chi connectivity index (χ0v) is 8.89. The van der Waals surface area contributed by atoms with Crippen LogP contribution in [0, 0.1) is 5.82 Å². The number of aryl methyl sites for hydroxylation is 1. The lowest BCUT2D eigenvalue weighted by Crippen LogP contribution is -2.05. The topological polar surface area (TPSA) is 26.0 Å². The van der Waals surface area contributed by atoms with E-state index in [0.29, 0.717) is 12.5 Å². The molecule has 0 spiro atoms. The first kappa shape index (κ1) is 11.2. The maximum Gasteiger partial charge on any atom is 0.123 e. The van der Waals surface area contributed by atoms with Gasteiger partial charge in [0.2, 0.25) is 0 Å². The van der Waals surface area contributed by atoms with Crippen molar-refractivity contribution in [3.63, 3.8) is 0 Å². The molecule has 1 nitrogen and oxygen atoms in total. The Kier molecular flexibility index (Phi) is 4.08. The van der Waals surface area contributed by atoms with Gasteiger partial charge in [-0.05, 0) is 48.6 Å². The van der Waals surface area contributed by atoms with Crippen LogP contribution in [-0.4, -0.2) is 6.54 Å². The van der Waals surface area contributed by atoms with Crippen molar-refractivity contribution < 1.29 is 4.39 Å². The Hall–Kier alpha value is -0.890. The van der Waals surface area contributed by atoms with Gasteiger partial charge in [-0.25, -0.2) is 4.39 Å². The molecule has 78 valence electrons. The fourth-order valence-corrected chi connectivity index (χ4v) is 1.58. The molecule has 1 aromatic carbocycles. The lowest BCUT2D eigenvalue weighted by atomic mass is 9.95. The molecule has 0 amide bonds. The molecule has 2 heteroatoms. The Balaban J connectivity index is 2.90. The molecule has 1 unspecified atom stereocenters. The maximum atomic E-state index is 13.2. The highest BCUT2D eigenvalue weighted by atomic mass is 19.1. The minimum atomic E-state index is -0.136. The van der Waals surface area contributed by atoms with Crippen LogP contribution in [-0.2, 0) is 6.42 Å². The molecule has 0 fully saturated rings. The van der Waals surface area contributed by atoms with Gasteiger partial charge in [-0.15, -0.1) is 0 Å². The molecule has 0 aliphatic rings. The summed E-state index contributed by atoms with van der Waals surface area (Å²) in [5.41, 5.74) is 7.60. The first-order valence-corrected chi connectivity index (χ1v) is 5.16. The summed E-state index contributed by atoms with van der Waals surface area (Å²) in [5.74, 6) is 0.212. The van der Waals surface area contributed by atoms with Gasteiger partial charge in [0.05, 0.1) is 0 Å². The smallest absolute Gasteiger partial charge is 0.123 e. The standard InChI is InChI=1S/C12H18FN/c1-3-10-6-11(8-12(13)7-10)9(2)4-5-14/h6-9H,3-5,14H2,1-2H3. The highest BCUT2D eigenvalue weighted by Gasteiger charge is 2.06. The van der Waals surface area contributed by atoms with E-state index in [-0.39, 0.29) is 5.82 Å².